The molecule has 0 saturated heterocycles. The summed E-state index contributed by atoms with van der Waals surface area (Å²) in [5.74, 6) is 2.03. The third-order valence-corrected chi connectivity index (χ3v) is 4.88. The van der Waals surface area contributed by atoms with Gasteiger partial charge in [-0.2, -0.15) is 0 Å². The fourth-order valence-corrected chi connectivity index (χ4v) is 3.50. The average molecular weight is 314 g/mol. The van der Waals surface area contributed by atoms with Crippen LogP contribution in [0.3, 0.4) is 0 Å². The van der Waals surface area contributed by atoms with Crippen LogP contribution in [0.2, 0.25) is 0 Å². The van der Waals surface area contributed by atoms with E-state index in [1.54, 1.807) is 0 Å². The molecule has 0 N–H and O–H groups in total. The van der Waals surface area contributed by atoms with E-state index in [4.69, 9.17) is 4.74 Å². The molecule has 23 heavy (non-hydrogen) atoms. The number of carbonyl (C=O) groups is 1. The second-order valence-corrected chi connectivity index (χ2v) is 6.83. The zero-order valence-electron chi connectivity index (χ0n) is 14.6. The Morgan fingerprint density at radius 1 is 1.17 bits per heavy atom. The van der Waals surface area contributed by atoms with Crippen LogP contribution in [0.25, 0.3) is 0 Å². The molecule has 0 bridgehead atoms. The van der Waals surface area contributed by atoms with Gasteiger partial charge in [0.25, 0.3) is 0 Å². The second-order valence-electron chi connectivity index (χ2n) is 6.83. The van der Waals surface area contributed by atoms with Gasteiger partial charge in [0.15, 0.2) is 0 Å². The number of ether oxygens (including phenoxy) is 1. The average Bonchev–Trinajstić information content (AvgIpc) is 2.90. The molecule has 2 atom stereocenters. The van der Waals surface area contributed by atoms with Crippen molar-refractivity contribution in [2.45, 2.75) is 65.2 Å². The molecule has 1 aromatic carbocycles. The van der Waals surface area contributed by atoms with Crippen LogP contribution >= 0.6 is 0 Å². The molecule has 1 saturated carbocycles. The highest BCUT2D eigenvalue weighted by molar-refractivity contribution is 5.85. The van der Waals surface area contributed by atoms with Gasteiger partial charge in [0.1, 0.15) is 17.3 Å². The highest BCUT2D eigenvalue weighted by Gasteiger charge is 2.37. The summed E-state index contributed by atoms with van der Waals surface area (Å²) < 4.78 is 5.88. The van der Waals surface area contributed by atoms with Crippen LogP contribution in [0.1, 0.15) is 63.9 Å². The van der Waals surface area contributed by atoms with Gasteiger partial charge in [-0.15, -0.1) is 0 Å². The molecule has 1 aromatic rings. The third kappa shape index (κ3) is 5.23. The van der Waals surface area contributed by atoms with Crippen LogP contribution in [0.15, 0.2) is 36.6 Å². The number of benzene rings is 1. The predicted octanol–water partition coefficient (Wildman–Crippen LogP) is 5.84. The number of unbranched alkanes of at least 4 members (excludes halogenated alkanes) is 4. The lowest BCUT2D eigenvalue weighted by Gasteiger charge is -2.21. The third-order valence-electron chi connectivity index (χ3n) is 4.88. The first-order chi connectivity index (χ1) is 11.1. The standard InChI is InChI=1S/C21H30O2/c1-4-5-6-7-8-9-18-12-15-20(22)21(18)17(3)23-19-13-10-16(2)11-14-19/h10-11,13-14,18,21H,3-9,12,15H2,1-2H3/t18-,21+/m0/s1. The summed E-state index contributed by atoms with van der Waals surface area (Å²) in [6.07, 6.45) is 9.18. The Labute approximate surface area is 140 Å². The van der Waals surface area contributed by atoms with Crippen molar-refractivity contribution >= 4 is 5.78 Å². The zero-order chi connectivity index (χ0) is 16.7. The van der Waals surface area contributed by atoms with Gasteiger partial charge in [-0.25, -0.2) is 0 Å². The minimum atomic E-state index is -0.109. The normalized spacial score (nSPS) is 20.7. The molecule has 0 aromatic heterocycles. The molecule has 2 nitrogen and oxygen atoms in total. The van der Waals surface area contributed by atoms with Crippen LogP contribution in [0.4, 0.5) is 0 Å². The number of hydrogen-bond acceptors (Lipinski definition) is 2. The minimum Gasteiger partial charge on any atom is -0.462 e. The van der Waals surface area contributed by atoms with E-state index in [0.29, 0.717) is 23.9 Å². The molecule has 0 heterocycles. The molecule has 1 aliphatic carbocycles. The van der Waals surface area contributed by atoms with Crippen LogP contribution in [-0.4, -0.2) is 5.78 Å². The van der Waals surface area contributed by atoms with E-state index in [1.165, 1.54) is 37.7 Å². The Morgan fingerprint density at radius 2 is 1.87 bits per heavy atom. The number of aryl methyl sites for hydroxylation is 1. The van der Waals surface area contributed by atoms with E-state index < -0.39 is 0 Å². The molecule has 0 amide bonds. The molecule has 1 aliphatic rings. The van der Waals surface area contributed by atoms with E-state index >= 15 is 0 Å². The summed E-state index contributed by atoms with van der Waals surface area (Å²) in [6, 6.07) is 7.92. The maximum Gasteiger partial charge on any atom is 0.143 e. The number of allylic oxidation sites excluding steroid dienone is 1. The Bertz CT molecular complexity index is 515. The maximum atomic E-state index is 12.3. The number of Topliss-reactive ketones (excluding diaryl/α,β-unsaturated/α-hetero) is 1. The molecule has 0 aliphatic heterocycles. The summed E-state index contributed by atoms with van der Waals surface area (Å²) in [4.78, 5) is 12.3. The minimum absolute atomic E-state index is 0.109. The number of rotatable bonds is 9. The van der Waals surface area contributed by atoms with E-state index in [-0.39, 0.29) is 5.92 Å². The number of hydrogen-bond donors (Lipinski definition) is 0. The molecular formula is C21H30O2. The Hall–Kier alpha value is -1.57. The Kier molecular flexibility index (Phi) is 6.88. The number of carbonyl (C=O) groups excluding carboxylic acids is 1. The van der Waals surface area contributed by atoms with Gasteiger partial charge in [-0.05, 0) is 37.8 Å². The van der Waals surface area contributed by atoms with Gasteiger partial charge in [-0.1, -0.05) is 63.3 Å². The van der Waals surface area contributed by atoms with E-state index in [0.717, 1.165) is 18.6 Å². The van der Waals surface area contributed by atoms with E-state index in [2.05, 4.69) is 13.5 Å². The van der Waals surface area contributed by atoms with Crippen molar-refractivity contribution in [1.82, 2.24) is 0 Å². The van der Waals surface area contributed by atoms with Gasteiger partial charge in [-0.3, -0.25) is 4.79 Å². The topological polar surface area (TPSA) is 26.3 Å². The van der Waals surface area contributed by atoms with Gasteiger partial charge in [0.2, 0.25) is 0 Å². The van der Waals surface area contributed by atoms with Crippen LogP contribution in [0.5, 0.6) is 5.75 Å². The Morgan fingerprint density at radius 3 is 2.57 bits per heavy atom. The summed E-state index contributed by atoms with van der Waals surface area (Å²) >= 11 is 0. The molecule has 0 spiro atoms. The molecule has 1 fully saturated rings. The lowest BCUT2D eigenvalue weighted by atomic mass is 9.89. The van der Waals surface area contributed by atoms with Crippen LogP contribution < -0.4 is 4.74 Å². The van der Waals surface area contributed by atoms with Gasteiger partial charge in [0.05, 0.1) is 5.92 Å². The summed E-state index contributed by atoms with van der Waals surface area (Å²) in [6.45, 7) is 8.35. The first-order valence-electron chi connectivity index (χ1n) is 9.08. The molecule has 2 heteroatoms. The molecule has 2 rings (SSSR count). The Balaban J connectivity index is 1.87. The largest absolute Gasteiger partial charge is 0.462 e. The van der Waals surface area contributed by atoms with Gasteiger partial charge in [0, 0.05) is 6.42 Å². The first kappa shape index (κ1) is 17.8. The van der Waals surface area contributed by atoms with Gasteiger partial charge < -0.3 is 4.74 Å². The fourth-order valence-electron chi connectivity index (χ4n) is 3.50. The highest BCUT2D eigenvalue weighted by Crippen LogP contribution is 2.37. The monoisotopic (exact) mass is 314 g/mol. The molecule has 0 radical (unpaired) electrons. The first-order valence-corrected chi connectivity index (χ1v) is 9.08. The molecule has 0 unspecified atom stereocenters. The maximum absolute atomic E-state index is 12.3. The predicted molar refractivity (Wildman–Crippen MR) is 95.5 cm³/mol. The SMILES string of the molecule is C=C(Oc1ccc(C)cc1)[C@H]1C(=O)CC[C@@H]1CCCCCCC. The van der Waals surface area contributed by atoms with Crippen molar-refractivity contribution in [3.8, 4) is 5.75 Å². The second kappa shape index (κ2) is 8.90. The zero-order valence-corrected chi connectivity index (χ0v) is 14.6. The lowest BCUT2D eigenvalue weighted by Crippen LogP contribution is -2.20. The van der Waals surface area contributed by atoms with Crippen molar-refractivity contribution in [2.75, 3.05) is 0 Å². The number of ketones is 1. The van der Waals surface area contributed by atoms with Crippen molar-refractivity contribution in [3.05, 3.63) is 42.2 Å². The summed E-state index contributed by atoms with van der Waals surface area (Å²) in [5, 5.41) is 0. The highest BCUT2D eigenvalue weighted by atomic mass is 16.5. The van der Waals surface area contributed by atoms with Crippen molar-refractivity contribution < 1.29 is 9.53 Å². The lowest BCUT2D eigenvalue weighted by molar-refractivity contribution is -0.120. The fraction of sp³-hybridized carbons (Fsp3) is 0.571. The van der Waals surface area contributed by atoms with Crippen LogP contribution in [-0.2, 0) is 4.79 Å². The van der Waals surface area contributed by atoms with Crippen molar-refractivity contribution in [1.29, 1.82) is 0 Å². The smallest absolute Gasteiger partial charge is 0.143 e. The van der Waals surface area contributed by atoms with E-state index in [1.807, 2.05) is 31.2 Å². The van der Waals surface area contributed by atoms with Gasteiger partial charge >= 0.3 is 0 Å². The van der Waals surface area contributed by atoms with Crippen molar-refractivity contribution in [2.24, 2.45) is 11.8 Å². The molecular weight excluding hydrogens is 284 g/mol. The van der Waals surface area contributed by atoms with E-state index in [9.17, 15) is 4.79 Å². The van der Waals surface area contributed by atoms with Crippen molar-refractivity contribution in [3.63, 3.8) is 0 Å². The summed E-state index contributed by atoms with van der Waals surface area (Å²) in [5.41, 5.74) is 1.20. The van der Waals surface area contributed by atoms with Crippen LogP contribution in [0, 0.1) is 18.8 Å². The molecule has 126 valence electrons. The summed E-state index contributed by atoms with van der Waals surface area (Å²) in [7, 11) is 0. The quantitative estimate of drug-likeness (QED) is 0.422.